The number of imidazole rings is 1. The van der Waals surface area contributed by atoms with Crippen LogP contribution in [0.3, 0.4) is 0 Å². The predicted octanol–water partition coefficient (Wildman–Crippen LogP) is 4.38. The van der Waals surface area contributed by atoms with E-state index in [-0.39, 0.29) is 17.4 Å². The van der Waals surface area contributed by atoms with Crippen molar-refractivity contribution in [2.45, 2.75) is 71.4 Å². The Morgan fingerprint density at radius 2 is 1.92 bits per heavy atom. The molecule has 0 aromatic carbocycles. The number of hydrogen-bond donors (Lipinski definition) is 4. The Balaban J connectivity index is 0.000000270. The summed E-state index contributed by atoms with van der Waals surface area (Å²) < 4.78 is 28.5. The number of fused-ring (bicyclic) bond motifs is 2. The SMILES string of the molecule is CCC1(O)CCC(C)CC1.CNc1nc(N)nn2c(O)cc(-c3ccc4nc(C)n(CC(F)F)c4n3)c12. The first kappa shape index (κ1) is 26.5. The zero-order chi connectivity index (χ0) is 26.9. The molecule has 0 bridgehead atoms. The standard InChI is InChI=1S/C16H16F2N8O.C9H18O/c1-7-21-10-4-3-9(22-15(10)25(7)6-11(17)18)8-5-12(27)26-13(8)14(20-2)23-16(19)24-26;1-3-9(10)6-4-8(2)5-7-9/h3-5,11,27H,6H2,1-2H3,(H3,19,20,23,24);8,10H,3-7H2,1-2H3. The summed E-state index contributed by atoms with van der Waals surface area (Å²) in [6.45, 7) is 5.51. The van der Waals surface area contributed by atoms with Gasteiger partial charge in [0.25, 0.3) is 6.43 Å². The average Bonchev–Trinajstić information content (AvgIpc) is 3.36. The van der Waals surface area contributed by atoms with Crippen molar-refractivity contribution in [2.75, 3.05) is 18.1 Å². The highest BCUT2D eigenvalue weighted by Crippen LogP contribution is 2.35. The number of hydrogen-bond acceptors (Lipinski definition) is 8. The second kappa shape index (κ2) is 10.4. The summed E-state index contributed by atoms with van der Waals surface area (Å²) in [6, 6.07) is 4.87. The third-order valence-corrected chi connectivity index (χ3v) is 7.09. The van der Waals surface area contributed by atoms with Crippen LogP contribution in [-0.2, 0) is 6.54 Å². The number of halogens is 2. The van der Waals surface area contributed by atoms with E-state index in [4.69, 9.17) is 5.73 Å². The highest BCUT2D eigenvalue weighted by molar-refractivity contribution is 5.90. The summed E-state index contributed by atoms with van der Waals surface area (Å²) in [7, 11) is 1.66. The molecule has 1 saturated carbocycles. The normalized spacial score (nSPS) is 19.8. The third-order valence-electron chi connectivity index (χ3n) is 7.09. The van der Waals surface area contributed by atoms with E-state index in [1.807, 2.05) is 0 Å². The van der Waals surface area contributed by atoms with Crippen LogP contribution in [0.25, 0.3) is 27.9 Å². The molecule has 0 radical (unpaired) electrons. The Labute approximate surface area is 213 Å². The number of pyridine rings is 1. The topological polar surface area (TPSA) is 139 Å². The summed E-state index contributed by atoms with van der Waals surface area (Å²) in [5.41, 5.74) is 7.67. The highest BCUT2D eigenvalue weighted by atomic mass is 19.3. The summed E-state index contributed by atoms with van der Waals surface area (Å²) in [6.07, 6.45) is 2.86. The number of aryl methyl sites for hydroxylation is 1. The zero-order valence-corrected chi connectivity index (χ0v) is 21.5. The fourth-order valence-corrected chi connectivity index (χ4v) is 4.75. The molecule has 4 aromatic rings. The van der Waals surface area contributed by atoms with Gasteiger partial charge >= 0.3 is 0 Å². The van der Waals surface area contributed by atoms with Gasteiger partial charge < -0.3 is 25.8 Å². The number of anilines is 2. The van der Waals surface area contributed by atoms with Crippen molar-refractivity contribution in [1.29, 1.82) is 0 Å². The first-order valence-electron chi connectivity index (χ1n) is 12.5. The second-order valence-electron chi connectivity index (χ2n) is 9.71. The minimum absolute atomic E-state index is 0.0154. The Bertz CT molecular complexity index is 1390. The van der Waals surface area contributed by atoms with Gasteiger partial charge in [0.1, 0.15) is 16.9 Å². The molecule has 4 heterocycles. The van der Waals surface area contributed by atoms with Gasteiger partial charge in [-0.1, -0.05) is 13.8 Å². The van der Waals surface area contributed by atoms with E-state index in [1.165, 1.54) is 28.0 Å². The summed E-state index contributed by atoms with van der Waals surface area (Å²) in [5.74, 6) is 1.53. The lowest BCUT2D eigenvalue weighted by Crippen LogP contribution is -2.32. The lowest BCUT2D eigenvalue weighted by atomic mass is 9.78. The van der Waals surface area contributed by atoms with Crippen LogP contribution < -0.4 is 11.1 Å². The van der Waals surface area contributed by atoms with E-state index in [9.17, 15) is 19.0 Å². The first-order valence-corrected chi connectivity index (χ1v) is 12.5. The van der Waals surface area contributed by atoms with Crippen LogP contribution in [0, 0.1) is 12.8 Å². The van der Waals surface area contributed by atoms with Crippen molar-refractivity contribution in [1.82, 2.24) is 29.1 Å². The molecule has 10 nitrogen and oxygen atoms in total. The second-order valence-corrected chi connectivity index (χ2v) is 9.71. The number of nitrogens with two attached hydrogens (primary N) is 1. The average molecular weight is 517 g/mol. The van der Waals surface area contributed by atoms with E-state index in [2.05, 4.69) is 39.2 Å². The van der Waals surface area contributed by atoms with Gasteiger partial charge in [0, 0.05) is 18.7 Å². The van der Waals surface area contributed by atoms with Gasteiger partial charge in [-0.05, 0) is 57.1 Å². The molecule has 200 valence electrons. The molecule has 0 unspecified atom stereocenters. The van der Waals surface area contributed by atoms with E-state index in [1.54, 1.807) is 26.1 Å². The molecule has 0 saturated heterocycles. The molecule has 12 heteroatoms. The number of nitrogens with zero attached hydrogens (tertiary/aromatic N) is 6. The fourth-order valence-electron chi connectivity index (χ4n) is 4.75. The van der Waals surface area contributed by atoms with E-state index in [0.717, 1.165) is 25.2 Å². The monoisotopic (exact) mass is 516 g/mol. The molecule has 0 spiro atoms. The lowest BCUT2D eigenvalue weighted by molar-refractivity contribution is -0.0103. The molecule has 5 N–H and O–H groups in total. The third kappa shape index (κ3) is 5.43. The first-order chi connectivity index (χ1) is 17.5. The van der Waals surface area contributed by atoms with Crippen LogP contribution >= 0.6 is 0 Å². The molecule has 4 aromatic heterocycles. The molecule has 0 atom stereocenters. The van der Waals surface area contributed by atoms with Crippen molar-refractivity contribution < 1.29 is 19.0 Å². The molecule has 5 rings (SSSR count). The number of rotatable bonds is 5. The van der Waals surface area contributed by atoms with Crippen molar-refractivity contribution in [2.24, 2.45) is 5.92 Å². The molecular weight excluding hydrogens is 482 g/mol. The maximum Gasteiger partial charge on any atom is 0.256 e. The van der Waals surface area contributed by atoms with Gasteiger partial charge in [-0.15, -0.1) is 5.10 Å². The molecular formula is C25H34F2N8O2. The Morgan fingerprint density at radius 1 is 1.22 bits per heavy atom. The van der Waals surface area contributed by atoms with Gasteiger partial charge in [-0.3, -0.25) is 0 Å². The maximum atomic E-state index is 12.9. The largest absolute Gasteiger partial charge is 0.493 e. The Hall–Kier alpha value is -3.54. The Kier molecular flexibility index (Phi) is 7.49. The van der Waals surface area contributed by atoms with Gasteiger partial charge in [-0.25, -0.2) is 18.7 Å². The van der Waals surface area contributed by atoms with Gasteiger partial charge in [-0.2, -0.15) is 9.50 Å². The number of aromatic hydroxyl groups is 1. The molecule has 0 aliphatic heterocycles. The molecule has 1 aliphatic carbocycles. The lowest BCUT2D eigenvalue weighted by Gasteiger charge is -2.33. The number of nitrogen functional groups attached to an aromatic ring is 1. The summed E-state index contributed by atoms with van der Waals surface area (Å²) in [5, 5.41) is 26.9. The van der Waals surface area contributed by atoms with E-state index in [0.29, 0.717) is 39.6 Å². The number of aliphatic hydroxyl groups is 1. The molecule has 37 heavy (non-hydrogen) atoms. The molecule has 1 aliphatic rings. The van der Waals surface area contributed by atoms with Crippen molar-refractivity contribution in [3.63, 3.8) is 0 Å². The van der Waals surface area contributed by atoms with Crippen LogP contribution in [0.4, 0.5) is 20.5 Å². The van der Waals surface area contributed by atoms with Crippen molar-refractivity contribution >= 4 is 28.4 Å². The maximum absolute atomic E-state index is 12.9. The molecule has 1 fully saturated rings. The van der Waals surface area contributed by atoms with Crippen molar-refractivity contribution in [3.8, 4) is 17.1 Å². The van der Waals surface area contributed by atoms with E-state index >= 15 is 0 Å². The van der Waals surface area contributed by atoms with Crippen LogP contribution in [0.1, 0.15) is 51.8 Å². The van der Waals surface area contributed by atoms with Crippen LogP contribution in [-0.4, -0.2) is 58.4 Å². The number of aromatic nitrogens is 6. The van der Waals surface area contributed by atoms with E-state index < -0.39 is 13.0 Å². The van der Waals surface area contributed by atoms with Crippen LogP contribution in [0.2, 0.25) is 0 Å². The smallest absolute Gasteiger partial charge is 0.256 e. The summed E-state index contributed by atoms with van der Waals surface area (Å²) >= 11 is 0. The van der Waals surface area contributed by atoms with Crippen molar-refractivity contribution in [3.05, 3.63) is 24.0 Å². The van der Waals surface area contributed by atoms with Gasteiger partial charge in [0.2, 0.25) is 11.8 Å². The predicted molar refractivity (Wildman–Crippen MR) is 139 cm³/mol. The summed E-state index contributed by atoms with van der Waals surface area (Å²) in [4.78, 5) is 12.9. The van der Waals surface area contributed by atoms with Gasteiger partial charge in [0.05, 0.1) is 17.8 Å². The minimum Gasteiger partial charge on any atom is -0.493 e. The molecule has 0 amide bonds. The number of nitrogens with one attached hydrogen (secondary N) is 1. The Morgan fingerprint density at radius 3 is 2.54 bits per heavy atom. The zero-order valence-electron chi connectivity index (χ0n) is 21.5. The number of alkyl halides is 2. The van der Waals surface area contributed by atoms with Gasteiger partial charge in [0.15, 0.2) is 11.5 Å². The van der Waals surface area contributed by atoms with Crippen LogP contribution in [0.5, 0.6) is 5.88 Å². The quantitative estimate of drug-likeness (QED) is 0.306. The fraction of sp³-hybridized carbons (Fsp3) is 0.520. The minimum atomic E-state index is -2.53. The highest BCUT2D eigenvalue weighted by Gasteiger charge is 2.29. The van der Waals surface area contributed by atoms with Crippen LogP contribution in [0.15, 0.2) is 18.2 Å².